The standard InChI is InChI=1S/C16F34NO4S2.K/c17-1(18,5(25,26)9(33,34)13(41,42)43)3(21,22)7(29,30)11(37,38)15(47,48)56(52,53)51-57(54,55)16(49,50)12(39,40)8(31,32)4(23,24)2(19,20)6(27,28)10(35,36)14(44,45)46;/q-1;+1. The zero-order valence-corrected chi connectivity index (χ0v) is 29.5. The Labute approximate surface area is 334 Å². The maximum atomic E-state index is 13.9. The quantitative estimate of drug-likeness (QED) is 0.124. The molecule has 0 rings (SSSR count). The van der Waals surface area contributed by atoms with Crippen molar-refractivity contribution < 1.29 is 217 Å². The summed E-state index contributed by atoms with van der Waals surface area (Å²) in [6, 6.07) is 0. The Kier molecular flexibility index (Phi) is 14.9. The first-order chi connectivity index (χ1) is 23.7. The molecule has 0 fully saturated rings. The second kappa shape index (κ2) is 14.6. The monoisotopic (exact) mass is 1020 g/mol. The van der Waals surface area contributed by atoms with Gasteiger partial charge in [0.1, 0.15) is 0 Å². The molecule has 0 atom stereocenters. The van der Waals surface area contributed by atoms with E-state index in [1.807, 2.05) is 0 Å². The summed E-state index contributed by atoms with van der Waals surface area (Å²) in [5.74, 6) is -114. The van der Waals surface area contributed by atoms with Gasteiger partial charge in [-0.15, -0.1) is 0 Å². The first kappa shape index (κ1) is 59.2. The van der Waals surface area contributed by atoms with Crippen LogP contribution in [0, 0.1) is 0 Å². The number of hydrogen-bond donors (Lipinski definition) is 0. The van der Waals surface area contributed by atoms with Crippen LogP contribution in [0.4, 0.5) is 149 Å². The smallest absolute Gasteiger partial charge is 0.425 e. The molecule has 0 saturated heterocycles. The second-order valence-electron chi connectivity index (χ2n) is 9.95. The normalized spacial score (nSPS) is 17.0. The summed E-state index contributed by atoms with van der Waals surface area (Å²) in [5, 5.41) is -18.9. The van der Waals surface area contributed by atoms with Crippen LogP contribution in [0.5, 0.6) is 0 Å². The van der Waals surface area contributed by atoms with E-state index in [9.17, 15) is 166 Å². The third kappa shape index (κ3) is 7.26. The summed E-state index contributed by atoms with van der Waals surface area (Å²) in [4.78, 5) is 0. The molecule has 0 aromatic heterocycles. The van der Waals surface area contributed by atoms with Gasteiger partial charge in [0.2, 0.25) is 0 Å². The second-order valence-corrected chi connectivity index (χ2v) is 13.5. The van der Waals surface area contributed by atoms with E-state index < -0.39 is 118 Å². The molecule has 0 radical (unpaired) electrons. The predicted molar refractivity (Wildman–Crippen MR) is 103 cm³/mol. The number of halogens is 34. The van der Waals surface area contributed by atoms with E-state index in [0.717, 1.165) is 0 Å². The average molecular weight is 1020 g/mol. The number of sulfonamides is 2. The van der Waals surface area contributed by atoms with Crippen LogP contribution < -0.4 is 51.4 Å². The molecule has 0 spiro atoms. The summed E-state index contributed by atoms with van der Waals surface area (Å²) < 4.78 is 495. The molecule has 0 aliphatic rings. The van der Waals surface area contributed by atoms with Crippen LogP contribution in [0.2, 0.25) is 0 Å². The van der Waals surface area contributed by atoms with Crippen molar-refractivity contribution in [3.05, 3.63) is 4.13 Å². The molecule has 0 amide bonds. The van der Waals surface area contributed by atoms with Crippen molar-refractivity contribution in [1.82, 2.24) is 0 Å². The van der Waals surface area contributed by atoms with Gasteiger partial charge in [-0.1, -0.05) is 0 Å². The molecule has 0 aliphatic heterocycles. The van der Waals surface area contributed by atoms with Crippen LogP contribution in [0.15, 0.2) is 0 Å². The molecule has 0 aliphatic carbocycles. The molecule has 344 valence electrons. The molecule has 58 heavy (non-hydrogen) atoms. The Balaban J connectivity index is 0. The van der Waals surface area contributed by atoms with Gasteiger partial charge in [0.15, 0.2) is 20.0 Å². The van der Waals surface area contributed by atoms with Crippen molar-refractivity contribution >= 4 is 20.0 Å². The minimum Gasteiger partial charge on any atom is -0.425 e. The zero-order valence-electron chi connectivity index (χ0n) is 24.7. The van der Waals surface area contributed by atoms with Gasteiger partial charge in [-0.25, -0.2) is 16.8 Å². The first-order valence-corrected chi connectivity index (χ1v) is 14.2. The molecule has 0 heterocycles. The fourth-order valence-corrected chi connectivity index (χ4v) is 5.53. The van der Waals surface area contributed by atoms with Gasteiger partial charge in [0.05, 0.1) is 0 Å². The van der Waals surface area contributed by atoms with Crippen molar-refractivity contribution in [1.29, 1.82) is 0 Å². The number of rotatable bonds is 16. The molecule has 0 aromatic rings. The van der Waals surface area contributed by atoms with E-state index in [0.29, 0.717) is 0 Å². The summed E-state index contributed by atoms with van der Waals surface area (Å²) >= 11 is 0. The number of alkyl halides is 34. The van der Waals surface area contributed by atoms with E-state index in [4.69, 9.17) is 0 Å². The van der Waals surface area contributed by atoms with Crippen molar-refractivity contribution in [2.45, 2.75) is 93.9 Å². The van der Waals surface area contributed by atoms with Crippen LogP contribution in [0.1, 0.15) is 0 Å². The SMILES string of the molecule is O=S(=O)([N-]S(=O)(=O)C(F)(F)C(F)(F)C(F)(F)C(F)(F)C(F)(F)C(F)(F)C(F)(F)C(F)(F)F)C(F)(F)C(F)(F)C(F)(F)C(F)(F)C(F)(F)C(F)(F)C(F)(F)C(F)(F)F.[K+]. The van der Waals surface area contributed by atoms with Crippen LogP contribution in [0.3, 0.4) is 0 Å². The van der Waals surface area contributed by atoms with E-state index in [-0.39, 0.29) is 51.4 Å². The Morgan fingerprint density at radius 3 is 0.483 bits per heavy atom. The minimum absolute atomic E-state index is 0. The largest absolute Gasteiger partial charge is 1.00 e. The van der Waals surface area contributed by atoms with Gasteiger partial charge in [-0.05, 0) is 0 Å². The van der Waals surface area contributed by atoms with Gasteiger partial charge < -0.3 is 4.13 Å². The summed E-state index contributed by atoms with van der Waals surface area (Å²) in [6.07, 6.45) is -16.7. The van der Waals surface area contributed by atoms with Crippen molar-refractivity contribution in [3.63, 3.8) is 0 Å². The maximum Gasteiger partial charge on any atom is 1.00 e. The van der Waals surface area contributed by atoms with Crippen molar-refractivity contribution in [3.8, 4) is 0 Å². The van der Waals surface area contributed by atoms with Gasteiger partial charge >= 0.3 is 145 Å². The zero-order chi connectivity index (χ0) is 47.7. The molecular formula is C16F34KNO4S2. The van der Waals surface area contributed by atoms with Crippen molar-refractivity contribution in [2.75, 3.05) is 0 Å². The van der Waals surface area contributed by atoms with E-state index in [1.165, 1.54) is 0 Å². The molecular weight excluding hydrogens is 1020 g/mol. The number of nitrogens with zero attached hydrogens (tertiary/aromatic N) is 1. The molecule has 0 aromatic carbocycles. The molecule has 0 unspecified atom stereocenters. The Bertz CT molecular complexity index is 1610. The topological polar surface area (TPSA) is 82.4 Å². The summed E-state index contributed by atoms with van der Waals surface area (Å²) in [7, 11) is -20.0. The van der Waals surface area contributed by atoms with Gasteiger partial charge in [0.25, 0.3) is 0 Å². The van der Waals surface area contributed by atoms with Crippen LogP contribution in [-0.4, -0.2) is 111 Å². The van der Waals surface area contributed by atoms with E-state index in [2.05, 4.69) is 0 Å². The summed E-state index contributed by atoms with van der Waals surface area (Å²) in [5.41, 5.74) is 0. The Morgan fingerprint density at radius 1 is 0.224 bits per heavy atom. The number of hydrogen-bond acceptors (Lipinski definition) is 4. The van der Waals surface area contributed by atoms with E-state index >= 15 is 0 Å². The Morgan fingerprint density at radius 2 is 0.345 bits per heavy atom. The van der Waals surface area contributed by atoms with Crippen molar-refractivity contribution in [2.24, 2.45) is 0 Å². The fourth-order valence-electron chi connectivity index (χ4n) is 2.85. The fraction of sp³-hybridized carbons (Fsp3) is 1.00. The Hall–Kier alpha value is -0.884. The predicted octanol–water partition coefficient (Wildman–Crippen LogP) is 6.96. The summed E-state index contributed by atoms with van der Waals surface area (Å²) in [6.45, 7) is 0. The van der Waals surface area contributed by atoms with Crippen LogP contribution in [-0.2, 0) is 20.0 Å². The first-order valence-electron chi connectivity index (χ1n) is 11.4. The van der Waals surface area contributed by atoms with Gasteiger partial charge in [-0.3, -0.25) is 0 Å². The molecule has 5 nitrogen and oxygen atoms in total. The molecule has 0 bridgehead atoms. The van der Waals surface area contributed by atoms with Gasteiger partial charge in [-0.2, -0.15) is 149 Å². The van der Waals surface area contributed by atoms with Crippen LogP contribution >= 0.6 is 0 Å². The minimum atomic E-state index is -10.0. The van der Waals surface area contributed by atoms with Gasteiger partial charge in [0, 0.05) is 0 Å². The maximum absolute atomic E-state index is 13.9. The molecule has 0 N–H and O–H groups in total. The third-order valence-electron chi connectivity index (χ3n) is 6.23. The average Bonchev–Trinajstić information content (AvgIpc) is 2.93. The molecule has 0 saturated carbocycles. The third-order valence-corrected chi connectivity index (χ3v) is 9.61. The molecule has 42 heteroatoms. The van der Waals surface area contributed by atoms with Crippen LogP contribution in [0.25, 0.3) is 4.13 Å². The van der Waals surface area contributed by atoms with E-state index in [1.54, 1.807) is 0 Å².